The van der Waals surface area contributed by atoms with Crippen molar-refractivity contribution in [3.05, 3.63) is 23.9 Å². The number of allylic oxidation sites excluding steroid dienone is 2. The van der Waals surface area contributed by atoms with Gasteiger partial charge in [0.25, 0.3) is 0 Å². The molecule has 0 rings (SSSR count). The molecule has 0 amide bonds. The zero-order chi connectivity index (χ0) is 9.72. The second-order valence-corrected chi connectivity index (χ2v) is 2.97. The smallest absolute Gasteiger partial charge is 0.152 e. The molecule has 0 atom stereocenters. The fraction of sp³-hybridized carbons (Fsp3) is 0.400. The van der Waals surface area contributed by atoms with Gasteiger partial charge in [0.15, 0.2) is 5.78 Å². The molecule has 0 aromatic rings. The Hall–Kier alpha value is -1.18. The Bertz CT molecular complexity index is 236. The van der Waals surface area contributed by atoms with Crippen LogP contribution in [0.2, 0.25) is 0 Å². The summed E-state index contributed by atoms with van der Waals surface area (Å²) in [7, 11) is 0. The minimum Gasteiger partial charge on any atom is -0.295 e. The Morgan fingerprint density at radius 3 is 2.25 bits per heavy atom. The first kappa shape index (κ1) is 10.8. The van der Waals surface area contributed by atoms with Gasteiger partial charge in [-0.25, -0.2) is 0 Å². The number of ketones is 1. The van der Waals surface area contributed by atoms with E-state index in [2.05, 4.69) is 18.3 Å². The van der Waals surface area contributed by atoms with E-state index in [9.17, 15) is 4.79 Å². The maximum absolute atomic E-state index is 10.8. The van der Waals surface area contributed by atoms with E-state index < -0.39 is 0 Å². The van der Waals surface area contributed by atoms with Gasteiger partial charge in [0.2, 0.25) is 0 Å². The first-order valence-electron chi connectivity index (χ1n) is 3.87. The molecule has 0 aliphatic heterocycles. The predicted molar refractivity (Wildman–Crippen MR) is 52.3 cm³/mol. The van der Waals surface area contributed by atoms with Crippen LogP contribution >= 0.6 is 0 Å². The van der Waals surface area contributed by atoms with Gasteiger partial charge in [0.05, 0.1) is 5.70 Å². The quantitative estimate of drug-likeness (QED) is 0.357. The first-order chi connectivity index (χ1) is 5.49. The zero-order valence-corrected chi connectivity index (χ0v) is 7.92. The minimum atomic E-state index is 0.0171. The minimum absolute atomic E-state index is 0.0171. The highest BCUT2D eigenvalue weighted by atomic mass is 16.1. The number of aliphatic imine (C=N–C) groups is 1. The second kappa shape index (κ2) is 4.65. The van der Waals surface area contributed by atoms with Gasteiger partial charge in [-0.05, 0) is 31.2 Å². The fourth-order valence-electron chi connectivity index (χ4n) is 0.893. The molecule has 0 heterocycles. The van der Waals surface area contributed by atoms with Gasteiger partial charge in [0.1, 0.15) is 0 Å². The standard InChI is InChI=1S/C10H15NO/c1-7(2)10(6-8(3)12)9(4)11-5/h6-7H,4-5H2,1-3H3/b10-6+. The Balaban J connectivity index is 4.78. The topological polar surface area (TPSA) is 29.4 Å². The van der Waals surface area contributed by atoms with Gasteiger partial charge in [-0.2, -0.15) is 0 Å². The molecule has 2 heteroatoms. The number of nitrogens with zero attached hydrogens (tertiary/aromatic N) is 1. The van der Waals surface area contributed by atoms with E-state index in [1.54, 1.807) is 6.08 Å². The summed E-state index contributed by atoms with van der Waals surface area (Å²) >= 11 is 0. The van der Waals surface area contributed by atoms with Crippen LogP contribution in [0.3, 0.4) is 0 Å². The Labute approximate surface area is 73.7 Å². The van der Waals surface area contributed by atoms with E-state index in [1.807, 2.05) is 13.8 Å². The summed E-state index contributed by atoms with van der Waals surface area (Å²) in [5.41, 5.74) is 1.44. The lowest BCUT2D eigenvalue weighted by molar-refractivity contribution is -0.112. The van der Waals surface area contributed by atoms with Crippen molar-refractivity contribution in [1.29, 1.82) is 0 Å². The van der Waals surface area contributed by atoms with Crippen molar-refractivity contribution in [3.63, 3.8) is 0 Å². The maximum Gasteiger partial charge on any atom is 0.152 e. The van der Waals surface area contributed by atoms with E-state index in [4.69, 9.17) is 0 Å². The molecular weight excluding hydrogens is 150 g/mol. The van der Waals surface area contributed by atoms with Crippen LogP contribution in [0, 0.1) is 5.92 Å². The van der Waals surface area contributed by atoms with Crippen molar-refractivity contribution >= 4 is 12.5 Å². The average Bonchev–Trinajstić information content (AvgIpc) is 1.98. The lowest BCUT2D eigenvalue weighted by Gasteiger charge is -2.09. The fourth-order valence-corrected chi connectivity index (χ4v) is 0.893. The van der Waals surface area contributed by atoms with Crippen molar-refractivity contribution < 1.29 is 4.79 Å². The van der Waals surface area contributed by atoms with Crippen LogP contribution in [0.4, 0.5) is 0 Å². The van der Waals surface area contributed by atoms with E-state index >= 15 is 0 Å². The summed E-state index contributed by atoms with van der Waals surface area (Å²) in [5, 5.41) is 0. The van der Waals surface area contributed by atoms with Crippen molar-refractivity contribution in [1.82, 2.24) is 0 Å². The van der Waals surface area contributed by atoms with Crippen LogP contribution in [0.15, 0.2) is 28.9 Å². The molecule has 0 radical (unpaired) electrons. The SMILES string of the molecule is C=NC(=C)/C(=C/C(C)=O)C(C)C. The molecule has 0 aliphatic rings. The maximum atomic E-state index is 10.8. The largest absolute Gasteiger partial charge is 0.295 e. The van der Waals surface area contributed by atoms with Gasteiger partial charge >= 0.3 is 0 Å². The lowest BCUT2D eigenvalue weighted by Crippen LogP contribution is -1.98. The molecule has 2 nitrogen and oxygen atoms in total. The second-order valence-electron chi connectivity index (χ2n) is 2.97. The molecule has 0 unspecified atom stereocenters. The monoisotopic (exact) mass is 165 g/mol. The van der Waals surface area contributed by atoms with E-state index in [0.717, 1.165) is 5.57 Å². The van der Waals surface area contributed by atoms with Crippen LogP contribution in [-0.4, -0.2) is 12.5 Å². The number of carbonyl (C=O) groups is 1. The van der Waals surface area contributed by atoms with Crippen molar-refractivity contribution in [2.24, 2.45) is 10.9 Å². The predicted octanol–water partition coefficient (Wildman–Crippen LogP) is 2.37. The molecule has 0 aliphatic carbocycles. The third kappa shape index (κ3) is 3.28. The summed E-state index contributed by atoms with van der Waals surface area (Å²) < 4.78 is 0. The van der Waals surface area contributed by atoms with Crippen molar-refractivity contribution in [2.45, 2.75) is 20.8 Å². The van der Waals surface area contributed by atoms with Gasteiger partial charge in [-0.15, -0.1) is 0 Å². The van der Waals surface area contributed by atoms with E-state index in [1.165, 1.54) is 6.92 Å². The summed E-state index contributed by atoms with van der Waals surface area (Å²) in [6.07, 6.45) is 1.56. The first-order valence-corrected chi connectivity index (χ1v) is 3.87. The highest BCUT2D eigenvalue weighted by Gasteiger charge is 2.06. The summed E-state index contributed by atoms with van der Waals surface area (Å²) in [6, 6.07) is 0. The van der Waals surface area contributed by atoms with Crippen LogP contribution in [0.5, 0.6) is 0 Å². The molecule has 0 fully saturated rings. The van der Waals surface area contributed by atoms with Gasteiger partial charge < -0.3 is 0 Å². The highest BCUT2D eigenvalue weighted by molar-refractivity contribution is 5.88. The molecule has 66 valence electrons. The molecule has 0 N–H and O–H groups in total. The lowest BCUT2D eigenvalue weighted by atomic mass is 9.99. The van der Waals surface area contributed by atoms with Crippen molar-refractivity contribution in [2.75, 3.05) is 0 Å². The van der Waals surface area contributed by atoms with Crippen LogP contribution in [0.25, 0.3) is 0 Å². The Kier molecular flexibility index (Phi) is 4.19. The number of rotatable bonds is 4. The van der Waals surface area contributed by atoms with Gasteiger partial charge in [-0.3, -0.25) is 9.79 Å². The van der Waals surface area contributed by atoms with Crippen LogP contribution in [-0.2, 0) is 4.79 Å². The molecule has 12 heavy (non-hydrogen) atoms. The number of hydrogen-bond donors (Lipinski definition) is 0. The summed E-state index contributed by atoms with van der Waals surface area (Å²) in [4.78, 5) is 14.5. The number of carbonyl (C=O) groups excluding carboxylic acids is 1. The van der Waals surface area contributed by atoms with E-state index in [-0.39, 0.29) is 11.7 Å². The van der Waals surface area contributed by atoms with E-state index in [0.29, 0.717) is 5.70 Å². The van der Waals surface area contributed by atoms with Gasteiger partial charge in [0, 0.05) is 0 Å². The Morgan fingerprint density at radius 1 is 1.50 bits per heavy atom. The molecule has 0 saturated carbocycles. The third-order valence-electron chi connectivity index (χ3n) is 1.50. The third-order valence-corrected chi connectivity index (χ3v) is 1.50. The van der Waals surface area contributed by atoms with Crippen LogP contribution in [0.1, 0.15) is 20.8 Å². The summed E-state index contributed by atoms with van der Waals surface area (Å²) in [5.74, 6) is 0.274. The molecule has 0 aromatic heterocycles. The van der Waals surface area contributed by atoms with Crippen molar-refractivity contribution in [3.8, 4) is 0 Å². The zero-order valence-electron chi connectivity index (χ0n) is 7.92. The molecule has 0 aromatic carbocycles. The molecular formula is C10H15NO. The molecule has 0 saturated heterocycles. The molecule has 0 bridgehead atoms. The van der Waals surface area contributed by atoms with Crippen LogP contribution < -0.4 is 0 Å². The average molecular weight is 165 g/mol. The summed E-state index contributed by atoms with van der Waals surface area (Å²) in [6.45, 7) is 12.6. The Morgan fingerprint density at radius 2 is 2.00 bits per heavy atom. The number of hydrogen-bond acceptors (Lipinski definition) is 2. The normalized spacial score (nSPS) is 11.5. The highest BCUT2D eigenvalue weighted by Crippen LogP contribution is 2.18. The van der Waals surface area contributed by atoms with Gasteiger partial charge in [-0.1, -0.05) is 20.4 Å². The molecule has 0 spiro atoms.